The van der Waals surface area contributed by atoms with Gasteiger partial charge in [-0.25, -0.2) is 14.4 Å². The minimum Gasteiger partial charge on any atom is -0.363 e. The van der Waals surface area contributed by atoms with Crippen molar-refractivity contribution in [3.63, 3.8) is 0 Å². The lowest BCUT2D eigenvalue weighted by molar-refractivity contribution is 0.323. The maximum atomic E-state index is 13.9. The van der Waals surface area contributed by atoms with Crippen LogP contribution >= 0.6 is 11.3 Å². The summed E-state index contributed by atoms with van der Waals surface area (Å²) in [5.74, 6) is 1.38. The quantitative estimate of drug-likeness (QED) is 0.792. The second kappa shape index (κ2) is 5.61. The van der Waals surface area contributed by atoms with Crippen LogP contribution in [0.1, 0.15) is 19.3 Å². The van der Waals surface area contributed by atoms with Crippen molar-refractivity contribution in [1.29, 1.82) is 0 Å². The van der Waals surface area contributed by atoms with Crippen molar-refractivity contribution in [1.82, 2.24) is 15.0 Å². The Morgan fingerprint density at radius 3 is 2.77 bits per heavy atom. The van der Waals surface area contributed by atoms with Crippen molar-refractivity contribution in [2.75, 3.05) is 5.32 Å². The highest BCUT2D eigenvalue weighted by molar-refractivity contribution is 7.17. The predicted octanol–water partition coefficient (Wildman–Crippen LogP) is 4.06. The van der Waals surface area contributed by atoms with Crippen LogP contribution in [0, 0.1) is 0 Å². The summed E-state index contributed by atoms with van der Waals surface area (Å²) in [5, 5.41) is 5.29. The molecule has 112 valence electrons. The van der Waals surface area contributed by atoms with Gasteiger partial charge in [-0.2, -0.15) is 0 Å². The molecule has 0 saturated heterocycles. The van der Waals surface area contributed by atoms with Gasteiger partial charge in [-0.05, 0) is 42.8 Å². The Morgan fingerprint density at radius 2 is 2.00 bits per heavy atom. The monoisotopic (exact) mass is 314 g/mol. The highest BCUT2D eigenvalue weighted by Gasteiger charge is 2.28. The molecule has 0 unspecified atom stereocenters. The van der Waals surface area contributed by atoms with Crippen LogP contribution in [0.2, 0.25) is 0 Å². The summed E-state index contributed by atoms with van der Waals surface area (Å²) in [5.41, 5.74) is 1.80. The van der Waals surface area contributed by atoms with Crippen LogP contribution in [0.5, 0.6) is 0 Å². The minimum absolute atomic E-state index is 0.148. The molecule has 1 fully saturated rings. The summed E-state index contributed by atoms with van der Waals surface area (Å²) >= 11 is 1.58. The number of rotatable bonds is 3. The number of aromatic nitrogens is 3. The van der Waals surface area contributed by atoms with Crippen LogP contribution in [0.15, 0.2) is 36.0 Å². The molecule has 22 heavy (non-hydrogen) atoms. The SMILES string of the molecule is F[C@H]1CCC[C@H]1Nc1nc(-c2ccncc2)nc2ccsc12. The molecular weight excluding hydrogens is 299 g/mol. The molecule has 4 rings (SSSR count). The third-order valence-electron chi connectivity index (χ3n) is 4.00. The smallest absolute Gasteiger partial charge is 0.162 e. The lowest BCUT2D eigenvalue weighted by Gasteiger charge is -2.16. The molecule has 0 spiro atoms. The number of anilines is 1. The van der Waals surface area contributed by atoms with E-state index in [1.54, 1.807) is 23.7 Å². The number of thiophene rings is 1. The van der Waals surface area contributed by atoms with Crippen LogP contribution in [0.4, 0.5) is 10.2 Å². The number of halogens is 1. The van der Waals surface area contributed by atoms with E-state index in [9.17, 15) is 4.39 Å². The maximum Gasteiger partial charge on any atom is 0.162 e. The van der Waals surface area contributed by atoms with Crippen LogP contribution in [-0.4, -0.2) is 27.2 Å². The van der Waals surface area contributed by atoms with Crippen molar-refractivity contribution in [2.45, 2.75) is 31.5 Å². The third-order valence-corrected chi connectivity index (χ3v) is 4.91. The summed E-state index contributed by atoms with van der Waals surface area (Å²) in [6.07, 6.45) is 5.05. The second-order valence-electron chi connectivity index (χ2n) is 5.46. The van der Waals surface area contributed by atoms with Gasteiger partial charge in [0.05, 0.1) is 16.3 Å². The molecular formula is C16H15FN4S. The lowest BCUT2D eigenvalue weighted by atomic mass is 10.2. The minimum atomic E-state index is -0.797. The summed E-state index contributed by atoms with van der Waals surface area (Å²) < 4.78 is 14.9. The molecule has 0 radical (unpaired) electrons. The Balaban J connectivity index is 1.77. The van der Waals surface area contributed by atoms with Crippen LogP contribution in [0.25, 0.3) is 21.6 Å². The van der Waals surface area contributed by atoms with E-state index < -0.39 is 6.17 Å². The standard InChI is InChI=1S/C16H15FN4S/c17-11-2-1-3-12(11)19-16-14-13(6-9-22-14)20-15(21-16)10-4-7-18-8-5-10/h4-9,11-12H,1-3H2,(H,19,20,21)/t11-,12+/m0/s1. The number of hydrogen-bond donors (Lipinski definition) is 1. The largest absolute Gasteiger partial charge is 0.363 e. The van der Waals surface area contributed by atoms with Gasteiger partial charge in [0.25, 0.3) is 0 Å². The van der Waals surface area contributed by atoms with Crippen LogP contribution in [-0.2, 0) is 0 Å². The Morgan fingerprint density at radius 1 is 1.14 bits per heavy atom. The van der Waals surface area contributed by atoms with E-state index in [0.717, 1.165) is 34.4 Å². The van der Waals surface area contributed by atoms with Crippen molar-refractivity contribution in [3.8, 4) is 11.4 Å². The average Bonchev–Trinajstić information content (AvgIpc) is 3.17. The third kappa shape index (κ3) is 2.43. The number of nitrogens with one attached hydrogen (secondary N) is 1. The number of pyridine rings is 1. The lowest BCUT2D eigenvalue weighted by Crippen LogP contribution is -2.25. The van der Waals surface area contributed by atoms with Gasteiger partial charge in [0.2, 0.25) is 0 Å². The van der Waals surface area contributed by atoms with Gasteiger partial charge in [-0.1, -0.05) is 0 Å². The van der Waals surface area contributed by atoms with Crippen molar-refractivity contribution < 1.29 is 4.39 Å². The van der Waals surface area contributed by atoms with Gasteiger partial charge >= 0.3 is 0 Å². The van der Waals surface area contributed by atoms with Crippen LogP contribution in [0.3, 0.4) is 0 Å². The normalized spacial score (nSPS) is 21.3. The van der Waals surface area contributed by atoms with Gasteiger partial charge in [0, 0.05) is 18.0 Å². The Bertz CT molecular complexity index is 789. The summed E-state index contributed by atoms with van der Waals surface area (Å²) in [7, 11) is 0. The Kier molecular flexibility index (Phi) is 3.46. The van der Waals surface area contributed by atoms with Gasteiger partial charge in [-0.15, -0.1) is 11.3 Å². The van der Waals surface area contributed by atoms with Crippen LogP contribution < -0.4 is 5.32 Å². The Hall–Kier alpha value is -2.08. The van der Waals surface area contributed by atoms with Gasteiger partial charge in [-0.3, -0.25) is 4.98 Å². The second-order valence-corrected chi connectivity index (χ2v) is 6.38. The fourth-order valence-corrected chi connectivity index (χ4v) is 3.63. The molecule has 0 aromatic carbocycles. The average molecular weight is 314 g/mol. The highest BCUT2D eigenvalue weighted by Crippen LogP contribution is 2.32. The van der Waals surface area contributed by atoms with Crippen molar-refractivity contribution in [3.05, 3.63) is 36.0 Å². The molecule has 4 nitrogen and oxygen atoms in total. The van der Waals surface area contributed by atoms with Crippen molar-refractivity contribution >= 4 is 27.4 Å². The molecule has 6 heteroatoms. The van der Waals surface area contributed by atoms with Crippen molar-refractivity contribution in [2.24, 2.45) is 0 Å². The van der Waals surface area contributed by atoms with E-state index in [1.807, 2.05) is 23.6 Å². The summed E-state index contributed by atoms with van der Waals surface area (Å²) in [6, 6.07) is 5.58. The number of hydrogen-bond acceptors (Lipinski definition) is 5. The fourth-order valence-electron chi connectivity index (χ4n) is 2.84. The molecule has 3 aromatic heterocycles. The van der Waals surface area contributed by atoms with Gasteiger partial charge in [0.15, 0.2) is 5.82 Å². The van der Waals surface area contributed by atoms with E-state index >= 15 is 0 Å². The number of fused-ring (bicyclic) bond motifs is 1. The number of nitrogens with zero attached hydrogens (tertiary/aromatic N) is 3. The first-order chi connectivity index (χ1) is 10.8. The number of alkyl halides is 1. The molecule has 0 bridgehead atoms. The van der Waals surface area contributed by atoms with Gasteiger partial charge in [0.1, 0.15) is 12.0 Å². The molecule has 0 aliphatic heterocycles. The maximum absolute atomic E-state index is 13.9. The fraction of sp³-hybridized carbons (Fsp3) is 0.312. The van der Waals surface area contributed by atoms with Gasteiger partial charge < -0.3 is 5.32 Å². The molecule has 1 N–H and O–H groups in total. The molecule has 3 aromatic rings. The van der Waals surface area contributed by atoms with E-state index in [2.05, 4.69) is 20.3 Å². The molecule has 1 saturated carbocycles. The zero-order valence-corrected chi connectivity index (χ0v) is 12.7. The Labute approximate surface area is 131 Å². The first-order valence-corrected chi connectivity index (χ1v) is 8.25. The van der Waals surface area contributed by atoms with E-state index in [-0.39, 0.29) is 6.04 Å². The van der Waals surface area contributed by atoms with E-state index in [1.165, 1.54) is 0 Å². The predicted molar refractivity (Wildman–Crippen MR) is 86.8 cm³/mol. The molecule has 3 heterocycles. The first kappa shape index (κ1) is 13.6. The zero-order valence-electron chi connectivity index (χ0n) is 11.9. The molecule has 1 aliphatic carbocycles. The van der Waals surface area contributed by atoms with E-state index in [0.29, 0.717) is 12.2 Å². The topological polar surface area (TPSA) is 50.7 Å². The molecule has 1 aliphatic rings. The first-order valence-electron chi connectivity index (χ1n) is 7.37. The highest BCUT2D eigenvalue weighted by atomic mass is 32.1. The zero-order chi connectivity index (χ0) is 14.9. The summed E-state index contributed by atoms with van der Waals surface area (Å²) in [4.78, 5) is 13.3. The molecule has 2 atom stereocenters. The van der Waals surface area contributed by atoms with E-state index in [4.69, 9.17) is 0 Å². The molecule has 0 amide bonds. The summed E-state index contributed by atoms with van der Waals surface area (Å²) in [6.45, 7) is 0.